The smallest absolute Gasteiger partial charge is 0.204 e. The molecule has 1 saturated carbocycles. The molecule has 1 fully saturated rings. The Morgan fingerprint density at radius 3 is 2.72 bits per heavy atom. The molecule has 0 radical (unpaired) electrons. The molecule has 4 heterocycles. The maximum Gasteiger partial charge on any atom is 0.204 e. The fraction of sp³-hybridized carbons (Fsp3) is 0.375. The number of hydrogen-bond acceptors (Lipinski definition) is 6. The molecule has 32 heavy (non-hydrogen) atoms. The molecule has 3 aromatic heterocycles. The molecule has 2 atom stereocenters. The minimum atomic E-state index is 0.0246. The molecular weight excluding hydrogens is 406 g/mol. The summed E-state index contributed by atoms with van der Waals surface area (Å²) in [6, 6.07) is 6.09. The summed E-state index contributed by atoms with van der Waals surface area (Å²) in [7, 11) is 3.57. The van der Waals surface area contributed by atoms with Gasteiger partial charge in [-0.25, -0.2) is 9.97 Å². The van der Waals surface area contributed by atoms with Gasteiger partial charge in [-0.1, -0.05) is 0 Å². The third kappa shape index (κ3) is 3.26. The summed E-state index contributed by atoms with van der Waals surface area (Å²) >= 11 is 0. The zero-order chi connectivity index (χ0) is 21.8. The van der Waals surface area contributed by atoms with E-state index in [9.17, 15) is 0 Å². The molecule has 8 heteroatoms. The summed E-state index contributed by atoms with van der Waals surface area (Å²) in [5.41, 5.74) is 4.73. The van der Waals surface area contributed by atoms with Crippen molar-refractivity contribution in [2.45, 2.75) is 38.5 Å². The van der Waals surface area contributed by atoms with Crippen LogP contribution in [0.1, 0.15) is 25.3 Å². The van der Waals surface area contributed by atoms with Crippen LogP contribution in [0.4, 0.5) is 0 Å². The van der Waals surface area contributed by atoms with E-state index < -0.39 is 0 Å². The first kappa shape index (κ1) is 19.2. The average Bonchev–Trinajstić information content (AvgIpc) is 3.42. The molecule has 6 rings (SSSR count). The average molecular weight is 431 g/mol. The number of benzene rings is 1. The Hall–Kier alpha value is -3.55. The predicted molar refractivity (Wildman–Crippen MR) is 119 cm³/mol. The molecule has 0 unspecified atom stereocenters. The summed E-state index contributed by atoms with van der Waals surface area (Å²) in [4.78, 5) is 9.25. The van der Waals surface area contributed by atoms with Gasteiger partial charge in [0.25, 0.3) is 0 Å². The molecule has 0 bridgehead atoms. The molecule has 0 N–H and O–H groups in total. The van der Waals surface area contributed by atoms with Crippen molar-refractivity contribution in [1.82, 2.24) is 24.3 Å². The van der Waals surface area contributed by atoms with E-state index in [0.717, 1.165) is 33.6 Å². The van der Waals surface area contributed by atoms with E-state index in [1.54, 1.807) is 11.8 Å². The Kier molecular flexibility index (Phi) is 4.34. The molecular formula is C24H25N5O3. The normalized spacial score (nSPS) is 20.0. The van der Waals surface area contributed by atoms with Crippen molar-refractivity contribution < 1.29 is 14.2 Å². The topological polar surface area (TPSA) is 76.2 Å². The van der Waals surface area contributed by atoms with Crippen LogP contribution in [0.25, 0.3) is 22.3 Å². The number of aryl methyl sites for hydroxylation is 1. The van der Waals surface area contributed by atoms with E-state index in [0.29, 0.717) is 24.0 Å². The Labute approximate surface area is 185 Å². The van der Waals surface area contributed by atoms with Crippen LogP contribution in [0.5, 0.6) is 17.2 Å². The van der Waals surface area contributed by atoms with Gasteiger partial charge >= 0.3 is 0 Å². The summed E-state index contributed by atoms with van der Waals surface area (Å²) in [5, 5.41) is 4.24. The van der Waals surface area contributed by atoms with Crippen LogP contribution in [-0.4, -0.2) is 43.6 Å². The Morgan fingerprint density at radius 2 is 1.97 bits per heavy atom. The lowest BCUT2D eigenvalue weighted by Crippen LogP contribution is -2.39. The van der Waals surface area contributed by atoms with Crippen molar-refractivity contribution in [3.8, 4) is 28.4 Å². The van der Waals surface area contributed by atoms with Gasteiger partial charge in [0, 0.05) is 30.6 Å². The quantitative estimate of drug-likeness (QED) is 0.478. The minimum absolute atomic E-state index is 0.0246. The maximum atomic E-state index is 6.32. The number of ether oxygens (including phenoxy) is 3. The van der Waals surface area contributed by atoms with Crippen LogP contribution < -0.4 is 14.2 Å². The second-order valence-corrected chi connectivity index (χ2v) is 8.71. The van der Waals surface area contributed by atoms with Crippen molar-refractivity contribution in [3.63, 3.8) is 0 Å². The molecule has 164 valence electrons. The van der Waals surface area contributed by atoms with Crippen molar-refractivity contribution in [2.24, 2.45) is 13.0 Å². The molecule has 1 aliphatic carbocycles. The number of pyridine rings is 1. The van der Waals surface area contributed by atoms with Crippen LogP contribution in [0, 0.1) is 5.92 Å². The fourth-order valence-electron chi connectivity index (χ4n) is 4.47. The Morgan fingerprint density at radius 1 is 1.09 bits per heavy atom. The van der Waals surface area contributed by atoms with Gasteiger partial charge in [-0.15, -0.1) is 0 Å². The van der Waals surface area contributed by atoms with E-state index in [1.807, 2.05) is 54.7 Å². The third-order valence-corrected chi connectivity index (χ3v) is 6.26. The standard InChI is InChI=1S/C24H25N5O3/c1-14-22(16-4-5-16)32-23-20(30-3)6-15(7-21(23)31-14)11-29-13-26-19-8-17(9-25-24(19)29)18-10-27-28(2)12-18/h6-10,12-14,16,22H,4-5,11H2,1-3H3/t14-,22+/m0/s1. The second kappa shape index (κ2) is 7.25. The highest BCUT2D eigenvalue weighted by Gasteiger charge is 2.41. The lowest BCUT2D eigenvalue weighted by Gasteiger charge is -2.33. The number of methoxy groups -OCH3 is 1. The molecule has 0 spiro atoms. The maximum absolute atomic E-state index is 6.32. The highest BCUT2D eigenvalue weighted by Crippen LogP contribution is 2.47. The third-order valence-electron chi connectivity index (χ3n) is 6.26. The molecule has 1 aliphatic heterocycles. The second-order valence-electron chi connectivity index (χ2n) is 8.71. The monoisotopic (exact) mass is 431 g/mol. The number of hydrogen-bond donors (Lipinski definition) is 0. The number of rotatable bonds is 5. The molecule has 2 aliphatic rings. The van der Waals surface area contributed by atoms with Crippen LogP contribution in [0.3, 0.4) is 0 Å². The molecule has 4 aromatic rings. The molecule has 1 aromatic carbocycles. The van der Waals surface area contributed by atoms with Crippen LogP contribution >= 0.6 is 0 Å². The SMILES string of the molecule is COc1cc(Cn2cnc3cc(-c4cnn(C)c4)cnc32)cc2c1O[C@@H](C1CC1)[C@H](C)O2. The van der Waals surface area contributed by atoms with Crippen LogP contribution in [-0.2, 0) is 13.6 Å². The first-order valence-corrected chi connectivity index (χ1v) is 10.9. The number of imidazole rings is 1. The van der Waals surface area contributed by atoms with Crippen LogP contribution in [0.2, 0.25) is 0 Å². The van der Waals surface area contributed by atoms with Gasteiger partial charge in [0.1, 0.15) is 17.7 Å². The van der Waals surface area contributed by atoms with Gasteiger partial charge in [0.2, 0.25) is 5.75 Å². The summed E-state index contributed by atoms with van der Waals surface area (Å²) in [5.74, 6) is 2.73. The van der Waals surface area contributed by atoms with Gasteiger partial charge in [-0.05, 0) is 49.4 Å². The van der Waals surface area contributed by atoms with E-state index in [1.165, 1.54) is 12.8 Å². The summed E-state index contributed by atoms with van der Waals surface area (Å²) in [6.45, 7) is 2.68. The fourth-order valence-corrected chi connectivity index (χ4v) is 4.47. The van der Waals surface area contributed by atoms with Crippen molar-refractivity contribution >= 4 is 11.2 Å². The highest BCUT2D eigenvalue weighted by molar-refractivity contribution is 5.77. The summed E-state index contributed by atoms with van der Waals surface area (Å²) in [6.07, 6.45) is 10.0. The van der Waals surface area contributed by atoms with Crippen molar-refractivity contribution in [3.05, 3.63) is 48.7 Å². The number of aromatic nitrogens is 5. The van der Waals surface area contributed by atoms with Gasteiger partial charge in [0.15, 0.2) is 17.1 Å². The van der Waals surface area contributed by atoms with Gasteiger partial charge in [-0.3, -0.25) is 4.68 Å². The van der Waals surface area contributed by atoms with E-state index in [4.69, 9.17) is 14.2 Å². The Bertz CT molecular complexity index is 1310. The van der Waals surface area contributed by atoms with Crippen molar-refractivity contribution in [1.29, 1.82) is 0 Å². The lowest BCUT2D eigenvalue weighted by atomic mass is 10.1. The van der Waals surface area contributed by atoms with E-state index >= 15 is 0 Å². The predicted octanol–water partition coefficient (Wildman–Crippen LogP) is 3.83. The zero-order valence-electron chi connectivity index (χ0n) is 18.4. The van der Waals surface area contributed by atoms with Gasteiger partial charge < -0.3 is 18.8 Å². The first-order valence-electron chi connectivity index (χ1n) is 10.9. The van der Waals surface area contributed by atoms with Gasteiger partial charge in [0.05, 0.1) is 26.2 Å². The molecule has 8 nitrogen and oxygen atoms in total. The van der Waals surface area contributed by atoms with E-state index in [2.05, 4.69) is 22.0 Å². The first-order chi connectivity index (χ1) is 15.6. The highest BCUT2D eigenvalue weighted by atomic mass is 16.6. The Balaban J connectivity index is 1.31. The zero-order valence-corrected chi connectivity index (χ0v) is 18.4. The van der Waals surface area contributed by atoms with Crippen molar-refractivity contribution in [2.75, 3.05) is 7.11 Å². The minimum Gasteiger partial charge on any atom is -0.493 e. The largest absolute Gasteiger partial charge is 0.493 e. The number of nitrogens with zero attached hydrogens (tertiary/aromatic N) is 5. The van der Waals surface area contributed by atoms with E-state index in [-0.39, 0.29) is 12.2 Å². The number of fused-ring (bicyclic) bond motifs is 2. The molecule has 0 amide bonds. The lowest BCUT2D eigenvalue weighted by molar-refractivity contribution is 0.0161. The van der Waals surface area contributed by atoms with Crippen LogP contribution in [0.15, 0.2) is 43.1 Å². The van der Waals surface area contributed by atoms with Gasteiger partial charge in [-0.2, -0.15) is 5.10 Å². The molecule has 0 saturated heterocycles. The summed E-state index contributed by atoms with van der Waals surface area (Å²) < 4.78 is 22.0.